The van der Waals surface area contributed by atoms with Gasteiger partial charge in [0.15, 0.2) is 0 Å². The molecule has 0 amide bonds. The number of carbonyl (C=O) groups is 1. The molecule has 19 heavy (non-hydrogen) atoms. The highest BCUT2D eigenvalue weighted by molar-refractivity contribution is 9.10. The van der Waals surface area contributed by atoms with Crippen molar-refractivity contribution < 1.29 is 9.90 Å². The molecule has 2 aromatic rings. The molecule has 2 aromatic heterocycles. The van der Waals surface area contributed by atoms with E-state index in [1.807, 2.05) is 6.07 Å². The number of rotatable bonds is 4. The van der Waals surface area contributed by atoms with E-state index < -0.39 is 11.4 Å². The minimum Gasteiger partial charge on any atom is -0.481 e. The third kappa shape index (κ3) is 2.95. The second-order valence-electron chi connectivity index (χ2n) is 4.71. The van der Waals surface area contributed by atoms with E-state index >= 15 is 0 Å². The number of aromatic nitrogens is 5. The third-order valence-electron chi connectivity index (χ3n) is 2.61. The molecular formula is C11H12BrN5O2. The predicted molar refractivity (Wildman–Crippen MR) is 70.2 cm³/mol. The number of pyridine rings is 1. The van der Waals surface area contributed by atoms with Crippen molar-refractivity contribution in [2.45, 2.75) is 20.4 Å². The third-order valence-corrected chi connectivity index (χ3v) is 3.08. The first kappa shape index (κ1) is 13.6. The van der Waals surface area contributed by atoms with E-state index in [0.29, 0.717) is 11.5 Å². The Bertz CT molecular complexity index is 593. The van der Waals surface area contributed by atoms with E-state index in [0.717, 1.165) is 4.47 Å². The molecule has 0 fully saturated rings. The molecule has 8 heteroatoms. The van der Waals surface area contributed by atoms with E-state index in [4.69, 9.17) is 5.11 Å². The van der Waals surface area contributed by atoms with Crippen LogP contribution in [0.4, 0.5) is 0 Å². The summed E-state index contributed by atoms with van der Waals surface area (Å²) in [4.78, 5) is 15.3. The summed E-state index contributed by atoms with van der Waals surface area (Å²) in [6, 6.07) is 3.59. The lowest BCUT2D eigenvalue weighted by Crippen LogP contribution is -2.30. The second-order valence-corrected chi connectivity index (χ2v) is 5.63. The van der Waals surface area contributed by atoms with Crippen molar-refractivity contribution in [3.05, 3.63) is 22.8 Å². The van der Waals surface area contributed by atoms with Gasteiger partial charge in [0, 0.05) is 10.7 Å². The van der Waals surface area contributed by atoms with E-state index in [1.165, 1.54) is 4.68 Å². The molecule has 0 unspecified atom stereocenters. The quantitative estimate of drug-likeness (QED) is 0.917. The van der Waals surface area contributed by atoms with E-state index in [1.54, 1.807) is 26.1 Å². The van der Waals surface area contributed by atoms with Gasteiger partial charge in [-0.2, -0.15) is 0 Å². The van der Waals surface area contributed by atoms with Crippen LogP contribution in [0.2, 0.25) is 0 Å². The zero-order chi connectivity index (χ0) is 14.0. The fraction of sp³-hybridized carbons (Fsp3) is 0.364. The molecule has 2 heterocycles. The molecule has 0 saturated heterocycles. The van der Waals surface area contributed by atoms with Crippen molar-refractivity contribution in [1.82, 2.24) is 25.2 Å². The first-order valence-electron chi connectivity index (χ1n) is 5.51. The Balaban J connectivity index is 2.33. The molecule has 0 radical (unpaired) electrons. The molecule has 0 spiro atoms. The lowest BCUT2D eigenvalue weighted by Gasteiger charge is -2.18. The molecule has 0 aliphatic carbocycles. The normalized spacial score (nSPS) is 11.5. The molecule has 2 rings (SSSR count). The average molecular weight is 326 g/mol. The minimum absolute atomic E-state index is 0.169. The molecule has 0 aliphatic heterocycles. The standard InChI is InChI=1S/C11H12BrN5O2/c1-11(2,10(18)19)6-17-9(14-15-16-17)8-4-3-7(12)5-13-8/h3-5H,6H2,1-2H3,(H,18,19). The van der Waals surface area contributed by atoms with Crippen LogP contribution < -0.4 is 0 Å². The summed E-state index contributed by atoms with van der Waals surface area (Å²) in [5.41, 5.74) is -0.367. The summed E-state index contributed by atoms with van der Waals surface area (Å²) in [5, 5.41) is 20.4. The molecule has 0 aromatic carbocycles. The monoisotopic (exact) mass is 325 g/mol. The zero-order valence-corrected chi connectivity index (χ0v) is 12.0. The van der Waals surface area contributed by atoms with Crippen LogP contribution in [0.5, 0.6) is 0 Å². The van der Waals surface area contributed by atoms with Crippen molar-refractivity contribution in [3.63, 3.8) is 0 Å². The smallest absolute Gasteiger partial charge is 0.310 e. The van der Waals surface area contributed by atoms with Gasteiger partial charge in [-0.25, -0.2) is 4.68 Å². The topological polar surface area (TPSA) is 93.8 Å². The van der Waals surface area contributed by atoms with Crippen LogP contribution in [0.1, 0.15) is 13.8 Å². The first-order valence-corrected chi connectivity index (χ1v) is 6.31. The van der Waals surface area contributed by atoms with Crippen LogP contribution in [-0.2, 0) is 11.3 Å². The Kier molecular flexibility index (Phi) is 3.61. The largest absolute Gasteiger partial charge is 0.481 e. The number of aliphatic carboxylic acids is 1. The Labute approximate surface area is 117 Å². The van der Waals surface area contributed by atoms with Crippen molar-refractivity contribution >= 4 is 21.9 Å². The van der Waals surface area contributed by atoms with Gasteiger partial charge < -0.3 is 5.11 Å². The van der Waals surface area contributed by atoms with Crippen LogP contribution in [0.25, 0.3) is 11.5 Å². The maximum absolute atomic E-state index is 11.1. The summed E-state index contributed by atoms with van der Waals surface area (Å²) < 4.78 is 2.30. The maximum atomic E-state index is 11.1. The van der Waals surface area contributed by atoms with Gasteiger partial charge in [-0.1, -0.05) is 0 Å². The summed E-state index contributed by atoms with van der Waals surface area (Å²) in [5.74, 6) is -0.459. The van der Waals surface area contributed by atoms with E-state index in [2.05, 4.69) is 36.4 Å². The van der Waals surface area contributed by atoms with E-state index in [9.17, 15) is 4.79 Å². The molecule has 0 bridgehead atoms. The Morgan fingerprint density at radius 2 is 2.21 bits per heavy atom. The van der Waals surface area contributed by atoms with Gasteiger partial charge >= 0.3 is 5.97 Å². The number of tetrazole rings is 1. The zero-order valence-electron chi connectivity index (χ0n) is 10.4. The Hall–Kier alpha value is -1.83. The Morgan fingerprint density at radius 3 is 2.79 bits per heavy atom. The lowest BCUT2D eigenvalue weighted by atomic mass is 9.94. The SMILES string of the molecule is CC(C)(Cn1nnnc1-c1ccc(Br)cn1)C(=O)O. The van der Waals surface area contributed by atoms with Gasteiger partial charge in [-0.05, 0) is 52.3 Å². The fourth-order valence-corrected chi connectivity index (χ4v) is 1.68. The molecular weight excluding hydrogens is 314 g/mol. The van der Waals surface area contributed by atoms with Gasteiger partial charge in [0.25, 0.3) is 0 Å². The number of halogens is 1. The van der Waals surface area contributed by atoms with Crippen molar-refractivity contribution in [1.29, 1.82) is 0 Å². The molecule has 0 aliphatic rings. The number of carboxylic acid groups (broad SMARTS) is 1. The molecule has 0 saturated carbocycles. The van der Waals surface area contributed by atoms with Gasteiger partial charge in [-0.15, -0.1) is 5.10 Å². The summed E-state index contributed by atoms with van der Waals surface area (Å²) >= 11 is 3.30. The molecule has 0 atom stereocenters. The highest BCUT2D eigenvalue weighted by Crippen LogP contribution is 2.22. The highest BCUT2D eigenvalue weighted by Gasteiger charge is 2.29. The summed E-state index contributed by atoms with van der Waals surface area (Å²) in [6.45, 7) is 3.41. The van der Waals surface area contributed by atoms with Crippen LogP contribution >= 0.6 is 15.9 Å². The number of hydrogen-bond donors (Lipinski definition) is 1. The van der Waals surface area contributed by atoms with Crippen molar-refractivity contribution in [3.8, 4) is 11.5 Å². The van der Waals surface area contributed by atoms with Crippen LogP contribution in [0, 0.1) is 5.41 Å². The van der Waals surface area contributed by atoms with Gasteiger partial charge in [-0.3, -0.25) is 9.78 Å². The lowest BCUT2D eigenvalue weighted by molar-refractivity contribution is -0.147. The summed E-state index contributed by atoms with van der Waals surface area (Å²) in [6.07, 6.45) is 1.64. The van der Waals surface area contributed by atoms with Crippen LogP contribution in [0.15, 0.2) is 22.8 Å². The first-order chi connectivity index (χ1) is 8.90. The fourth-order valence-electron chi connectivity index (χ4n) is 1.44. The van der Waals surface area contributed by atoms with Gasteiger partial charge in [0.2, 0.25) is 5.82 Å². The average Bonchev–Trinajstić information content (AvgIpc) is 2.77. The molecule has 7 nitrogen and oxygen atoms in total. The maximum Gasteiger partial charge on any atom is 0.310 e. The molecule has 1 N–H and O–H groups in total. The highest BCUT2D eigenvalue weighted by atomic mass is 79.9. The number of carboxylic acids is 1. The number of hydrogen-bond acceptors (Lipinski definition) is 5. The Morgan fingerprint density at radius 1 is 1.47 bits per heavy atom. The van der Waals surface area contributed by atoms with Crippen molar-refractivity contribution in [2.24, 2.45) is 5.41 Å². The minimum atomic E-state index is -0.959. The van der Waals surface area contributed by atoms with Crippen LogP contribution in [0.3, 0.4) is 0 Å². The van der Waals surface area contributed by atoms with Crippen LogP contribution in [-0.4, -0.2) is 36.3 Å². The summed E-state index contributed by atoms with van der Waals surface area (Å²) in [7, 11) is 0. The van der Waals surface area contributed by atoms with Crippen molar-refractivity contribution in [2.75, 3.05) is 0 Å². The molecule has 100 valence electrons. The van der Waals surface area contributed by atoms with Gasteiger partial charge in [0.1, 0.15) is 5.69 Å². The number of nitrogens with zero attached hydrogens (tertiary/aromatic N) is 5. The second kappa shape index (κ2) is 5.04. The van der Waals surface area contributed by atoms with Gasteiger partial charge in [0.05, 0.1) is 12.0 Å². The predicted octanol–water partition coefficient (Wildman–Crippen LogP) is 1.61. The van der Waals surface area contributed by atoms with E-state index in [-0.39, 0.29) is 6.54 Å².